The average molecular weight is 293 g/mol. The van der Waals surface area contributed by atoms with E-state index in [1.54, 1.807) is 0 Å². The number of benzene rings is 2. The van der Waals surface area contributed by atoms with Crippen LogP contribution in [0.3, 0.4) is 0 Å². The Morgan fingerprint density at radius 1 is 1.10 bits per heavy atom. The van der Waals surface area contributed by atoms with Crippen molar-refractivity contribution in [2.45, 2.75) is 0 Å². The van der Waals surface area contributed by atoms with Crippen molar-refractivity contribution < 1.29 is 23.2 Å². The number of Topliss-reactive ketones (excluding diaryl/α,β-unsaturated/α-hetero) is 1. The Labute approximate surface area is 117 Å². The molecule has 0 saturated carbocycles. The summed E-state index contributed by atoms with van der Waals surface area (Å²) in [4.78, 5) is 21.9. The van der Waals surface area contributed by atoms with Gasteiger partial charge in [0.1, 0.15) is 11.6 Å². The minimum Gasteiger partial charge on any atom is -0.478 e. The summed E-state index contributed by atoms with van der Waals surface area (Å²) in [7, 11) is 0. The fourth-order valence-electron chi connectivity index (χ4n) is 1.71. The van der Waals surface area contributed by atoms with Crippen LogP contribution in [0.1, 0.15) is 10.4 Å². The van der Waals surface area contributed by atoms with Gasteiger partial charge in [0.05, 0.1) is 10.5 Å². The van der Waals surface area contributed by atoms with Crippen LogP contribution in [0.2, 0.25) is 0 Å². The van der Waals surface area contributed by atoms with E-state index in [0.717, 1.165) is 18.2 Å². The lowest BCUT2D eigenvalue weighted by atomic mass is 10.1. The van der Waals surface area contributed by atoms with Crippen molar-refractivity contribution in [3.63, 3.8) is 0 Å². The first-order chi connectivity index (χ1) is 10.0. The van der Waals surface area contributed by atoms with Gasteiger partial charge in [-0.1, -0.05) is 18.2 Å². The van der Waals surface area contributed by atoms with Crippen LogP contribution in [0.25, 0.3) is 0 Å². The molecule has 0 heterocycles. The Bertz CT molecular complexity index is 683. The maximum absolute atomic E-state index is 13.4. The SMILES string of the molecule is O=C(COc1ccccc1[N+](=O)[O-])c1c(F)cccc1F. The minimum absolute atomic E-state index is 0.146. The van der Waals surface area contributed by atoms with E-state index >= 15 is 0 Å². The van der Waals surface area contributed by atoms with E-state index in [9.17, 15) is 23.7 Å². The summed E-state index contributed by atoms with van der Waals surface area (Å²) in [6.07, 6.45) is 0. The average Bonchev–Trinajstić information content (AvgIpc) is 2.45. The van der Waals surface area contributed by atoms with Gasteiger partial charge in [-0.25, -0.2) is 8.78 Å². The fraction of sp³-hybridized carbons (Fsp3) is 0.0714. The molecule has 7 heteroatoms. The lowest BCUT2D eigenvalue weighted by molar-refractivity contribution is -0.385. The second-order valence-electron chi connectivity index (χ2n) is 4.03. The largest absolute Gasteiger partial charge is 0.478 e. The third-order valence-corrected chi connectivity index (χ3v) is 2.66. The van der Waals surface area contributed by atoms with E-state index < -0.39 is 34.5 Å². The molecule has 108 valence electrons. The summed E-state index contributed by atoms with van der Waals surface area (Å²) in [6.45, 7) is -0.706. The molecule has 0 aliphatic heterocycles. The number of hydrogen-bond acceptors (Lipinski definition) is 4. The van der Waals surface area contributed by atoms with Crippen molar-refractivity contribution >= 4 is 11.5 Å². The quantitative estimate of drug-likeness (QED) is 0.482. The minimum atomic E-state index is -1.01. The zero-order valence-corrected chi connectivity index (χ0v) is 10.6. The number of nitrogens with zero attached hydrogens (tertiary/aromatic N) is 1. The molecule has 0 spiro atoms. The van der Waals surface area contributed by atoms with Crippen molar-refractivity contribution in [2.24, 2.45) is 0 Å². The van der Waals surface area contributed by atoms with Gasteiger partial charge in [-0.2, -0.15) is 0 Å². The molecule has 0 amide bonds. The van der Waals surface area contributed by atoms with Crippen molar-refractivity contribution in [3.05, 3.63) is 69.8 Å². The number of carbonyl (C=O) groups is 1. The molecule has 21 heavy (non-hydrogen) atoms. The van der Waals surface area contributed by atoms with E-state index in [2.05, 4.69) is 0 Å². The Kier molecular flexibility index (Phi) is 4.22. The van der Waals surface area contributed by atoms with Gasteiger partial charge in [-0.15, -0.1) is 0 Å². The molecule has 0 bridgehead atoms. The lowest BCUT2D eigenvalue weighted by Crippen LogP contribution is -2.15. The molecule has 0 atom stereocenters. The van der Waals surface area contributed by atoms with E-state index in [1.165, 1.54) is 24.3 Å². The summed E-state index contributed by atoms with van der Waals surface area (Å²) < 4.78 is 31.8. The standard InChI is InChI=1S/C14H9F2NO4/c15-9-4-3-5-10(16)14(9)12(18)8-21-13-7-2-1-6-11(13)17(19)20/h1-7H,8H2. The van der Waals surface area contributed by atoms with E-state index in [4.69, 9.17) is 4.74 Å². The highest BCUT2D eigenvalue weighted by Crippen LogP contribution is 2.26. The summed E-state index contributed by atoms with van der Waals surface area (Å²) in [5.74, 6) is -3.10. The van der Waals surface area contributed by atoms with E-state index in [1.807, 2.05) is 0 Å². The van der Waals surface area contributed by atoms with Crippen LogP contribution in [0.5, 0.6) is 5.75 Å². The lowest BCUT2D eigenvalue weighted by Gasteiger charge is -2.07. The smallest absolute Gasteiger partial charge is 0.310 e. The summed E-state index contributed by atoms with van der Waals surface area (Å²) in [5, 5.41) is 10.8. The maximum Gasteiger partial charge on any atom is 0.310 e. The molecule has 0 aromatic heterocycles. The number of nitro groups is 1. The number of halogens is 2. The van der Waals surface area contributed by atoms with Gasteiger partial charge in [0, 0.05) is 6.07 Å². The molecule has 0 saturated heterocycles. The number of hydrogen-bond donors (Lipinski definition) is 0. The first-order valence-electron chi connectivity index (χ1n) is 5.84. The number of rotatable bonds is 5. The third kappa shape index (κ3) is 3.19. The van der Waals surface area contributed by atoms with Gasteiger partial charge in [-0.05, 0) is 18.2 Å². The van der Waals surface area contributed by atoms with Gasteiger partial charge < -0.3 is 4.74 Å². The Morgan fingerprint density at radius 2 is 1.71 bits per heavy atom. The van der Waals surface area contributed by atoms with E-state index in [0.29, 0.717) is 0 Å². The normalized spacial score (nSPS) is 10.2. The number of nitro benzene ring substituents is 1. The highest BCUT2D eigenvalue weighted by Gasteiger charge is 2.20. The van der Waals surface area contributed by atoms with Crippen LogP contribution < -0.4 is 4.74 Å². The predicted molar refractivity (Wildman–Crippen MR) is 69.3 cm³/mol. The van der Waals surface area contributed by atoms with Crippen molar-refractivity contribution in [1.29, 1.82) is 0 Å². The molecule has 0 aliphatic rings. The second-order valence-corrected chi connectivity index (χ2v) is 4.03. The monoisotopic (exact) mass is 293 g/mol. The third-order valence-electron chi connectivity index (χ3n) is 2.66. The predicted octanol–water partition coefficient (Wildman–Crippen LogP) is 3.13. The Balaban J connectivity index is 2.17. The highest BCUT2D eigenvalue weighted by atomic mass is 19.1. The van der Waals surface area contributed by atoms with Crippen LogP contribution in [-0.2, 0) is 0 Å². The van der Waals surface area contributed by atoms with Crippen molar-refractivity contribution in [1.82, 2.24) is 0 Å². The Hall–Kier alpha value is -2.83. The van der Waals surface area contributed by atoms with Gasteiger partial charge in [0.25, 0.3) is 0 Å². The molecule has 0 radical (unpaired) electrons. The van der Waals surface area contributed by atoms with E-state index in [-0.39, 0.29) is 11.4 Å². The molecule has 0 fully saturated rings. The van der Waals surface area contributed by atoms with Gasteiger partial charge >= 0.3 is 5.69 Å². The van der Waals surface area contributed by atoms with Crippen LogP contribution in [0.15, 0.2) is 42.5 Å². The number of carbonyl (C=O) groups excluding carboxylic acids is 1. The van der Waals surface area contributed by atoms with Crippen molar-refractivity contribution in [2.75, 3.05) is 6.61 Å². The topological polar surface area (TPSA) is 69.4 Å². The molecular weight excluding hydrogens is 284 g/mol. The molecule has 0 aliphatic carbocycles. The summed E-state index contributed by atoms with van der Waals surface area (Å²) in [5.41, 5.74) is -1.06. The fourth-order valence-corrected chi connectivity index (χ4v) is 1.71. The highest BCUT2D eigenvalue weighted by molar-refractivity contribution is 5.97. The van der Waals surface area contributed by atoms with Gasteiger partial charge in [0.2, 0.25) is 5.78 Å². The van der Waals surface area contributed by atoms with Gasteiger partial charge in [-0.3, -0.25) is 14.9 Å². The first-order valence-corrected chi connectivity index (χ1v) is 5.84. The molecule has 2 aromatic carbocycles. The molecule has 2 rings (SSSR count). The zero-order valence-electron chi connectivity index (χ0n) is 10.6. The molecule has 2 aromatic rings. The summed E-state index contributed by atoms with van der Waals surface area (Å²) >= 11 is 0. The Morgan fingerprint density at radius 3 is 2.33 bits per heavy atom. The van der Waals surface area contributed by atoms with Gasteiger partial charge in [0.15, 0.2) is 12.4 Å². The van der Waals surface area contributed by atoms with Crippen LogP contribution >= 0.6 is 0 Å². The maximum atomic E-state index is 13.4. The van der Waals surface area contributed by atoms with Crippen LogP contribution in [-0.4, -0.2) is 17.3 Å². The molecular formula is C14H9F2NO4. The van der Waals surface area contributed by atoms with Crippen LogP contribution in [0, 0.1) is 21.7 Å². The number of para-hydroxylation sites is 2. The van der Waals surface area contributed by atoms with Crippen molar-refractivity contribution in [3.8, 4) is 5.75 Å². The van der Waals surface area contributed by atoms with Crippen LogP contribution in [0.4, 0.5) is 14.5 Å². The number of ketones is 1. The first kappa shape index (κ1) is 14.6. The zero-order chi connectivity index (χ0) is 15.4. The second kappa shape index (κ2) is 6.08. The molecule has 0 N–H and O–H groups in total. The molecule has 0 unspecified atom stereocenters. The summed E-state index contributed by atoms with van der Waals surface area (Å²) in [6, 6.07) is 8.43. The molecule has 5 nitrogen and oxygen atoms in total. The number of ether oxygens (including phenoxy) is 1.